The van der Waals surface area contributed by atoms with E-state index < -0.39 is 0 Å². The van der Waals surface area contributed by atoms with Gasteiger partial charge in [-0.05, 0) is 55.4 Å². The van der Waals surface area contributed by atoms with Crippen LogP contribution in [0.2, 0.25) is 0 Å². The normalized spacial score (nSPS) is 13.0. The molecule has 0 atom stereocenters. The van der Waals surface area contributed by atoms with Crippen molar-refractivity contribution in [1.29, 1.82) is 0 Å². The van der Waals surface area contributed by atoms with Gasteiger partial charge in [0.25, 0.3) is 5.91 Å². The number of carbonyl (C=O) groups excluding carboxylic acids is 1. The topological polar surface area (TPSA) is 51.4 Å². The molecule has 0 aliphatic heterocycles. The summed E-state index contributed by atoms with van der Waals surface area (Å²) in [5.41, 5.74) is 3.92. The molecule has 3 rings (SSSR count). The van der Waals surface area contributed by atoms with Gasteiger partial charge >= 0.3 is 0 Å². The number of nitrogens with zero attached hydrogens (tertiary/aromatic N) is 1. The molecule has 1 amide bonds. The first-order chi connectivity index (χ1) is 12.7. The summed E-state index contributed by atoms with van der Waals surface area (Å²) in [5.74, 6) is 1.45. The third-order valence-corrected chi connectivity index (χ3v) is 4.85. The zero-order valence-corrected chi connectivity index (χ0v) is 15.6. The van der Waals surface area contributed by atoms with E-state index in [1.165, 1.54) is 24.0 Å². The summed E-state index contributed by atoms with van der Waals surface area (Å²) in [7, 11) is 3.25. The van der Waals surface area contributed by atoms with Gasteiger partial charge in [-0.3, -0.25) is 4.79 Å². The van der Waals surface area contributed by atoms with E-state index in [0.29, 0.717) is 24.6 Å². The smallest absolute Gasteiger partial charge is 0.285 e. The average molecular weight is 355 g/mol. The van der Waals surface area contributed by atoms with Crippen molar-refractivity contribution in [2.75, 3.05) is 20.8 Å². The molecule has 0 saturated carbocycles. The molecule has 0 radical (unpaired) electrons. The number of methoxy groups -OCH3 is 2. The van der Waals surface area contributed by atoms with Crippen LogP contribution < -0.4 is 19.4 Å². The maximum Gasteiger partial charge on any atom is 0.285 e. The number of aryl methyl sites for hydroxylation is 2. The molecule has 0 fully saturated rings. The Kier molecular flexibility index (Phi) is 6.10. The first-order valence-corrected chi connectivity index (χ1v) is 9.18. The van der Waals surface area contributed by atoms with Crippen LogP contribution in [-0.4, -0.2) is 26.7 Å². The number of pyridine rings is 1. The molecule has 0 spiro atoms. The highest BCUT2D eigenvalue weighted by molar-refractivity contribution is 5.74. The van der Waals surface area contributed by atoms with Gasteiger partial charge in [0.1, 0.15) is 0 Å². The second-order valence-corrected chi connectivity index (χ2v) is 6.66. The standard InChI is InChI=1S/C21H26N2O3/c1-25-19-8-7-16(13-20(19)26-2)9-11-22-21(24)15-23-12-10-17-5-3-4-6-18(17)14-23/h7-8,10,12-14H,3-6,9,11,15H2,1-2H3/p+1. The molecular formula is C21H27N2O3+. The lowest BCUT2D eigenvalue weighted by Crippen LogP contribution is -2.43. The summed E-state index contributed by atoms with van der Waals surface area (Å²) in [6, 6.07) is 7.99. The number of rotatable bonds is 7. The van der Waals surface area contributed by atoms with Crippen molar-refractivity contribution in [3.63, 3.8) is 0 Å². The molecule has 26 heavy (non-hydrogen) atoms. The lowest BCUT2D eigenvalue weighted by atomic mass is 9.93. The summed E-state index contributed by atoms with van der Waals surface area (Å²) >= 11 is 0. The van der Waals surface area contributed by atoms with E-state index in [1.807, 2.05) is 29.0 Å². The Morgan fingerprint density at radius 1 is 1.08 bits per heavy atom. The first kappa shape index (κ1) is 18.2. The number of nitrogens with one attached hydrogen (secondary N) is 1. The third kappa shape index (κ3) is 4.54. The molecule has 1 aliphatic carbocycles. The van der Waals surface area contributed by atoms with Crippen molar-refractivity contribution in [2.24, 2.45) is 0 Å². The summed E-state index contributed by atoms with van der Waals surface area (Å²) < 4.78 is 12.5. The Balaban J connectivity index is 1.50. The Hall–Kier alpha value is -2.56. The molecule has 0 unspecified atom stereocenters. The number of amides is 1. The van der Waals surface area contributed by atoms with Crippen LogP contribution in [0.1, 0.15) is 29.5 Å². The second-order valence-electron chi connectivity index (χ2n) is 6.66. The zero-order valence-electron chi connectivity index (χ0n) is 15.6. The van der Waals surface area contributed by atoms with E-state index in [0.717, 1.165) is 24.8 Å². The van der Waals surface area contributed by atoms with Crippen LogP contribution in [0.5, 0.6) is 11.5 Å². The monoisotopic (exact) mass is 355 g/mol. The van der Waals surface area contributed by atoms with Crippen LogP contribution in [0.25, 0.3) is 0 Å². The molecule has 5 heteroatoms. The molecule has 1 aliphatic rings. The molecule has 1 heterocycles. The maximum atomic E-state index is 12.2. The molecule has 138 valence electrons. The molecule has 1 aromatic heterocycles. The summed E-state index contributed by atoms with van der Waals surface area (Å²) in [4.78, 5) is 12.2. The minimum atomic E-state index is 0.0336. The number of aromatic nitrogens is 1. The molecule has 2 aromatic rings. The van der Waals surface area contributed by atoms with Gasteiger partial charge in [-0.25, -0.2) is 0 Å². The van der Waals surface area contributed by atoms with Gasteiger partial charge in [-0.1, -0.05) is 6.07 Å². The van der Waals surface area contributed by atoms with E-state index in [1.54, 1.807) is 14.2 Å². The number of benzene rings is 1. The number of hydrogen-bond acceptors (Lipinski definition) is 3. The predicted molar refractivity (Wildman–Crippen MR) is 99.5 cm³/mol. The fraction of sp³-hybridized carbons (Fsp3) is 0.429. The largest absolute Gasteiger partial charge is 0.493 e. The molecule has 1 aromatic carbocycles. The van der Waals surface area contributed by atoms with Gasteiger partial charge in [0, 0.05) is 18.2 Å². The lowest BCUT2D eigenvalue weighted by molar-refractivity contribution is -0.685. The average Bonchev–Trinajstić information content (AvgIpc) is 2.67. The molecular weight excluding hydrogens is 328 g/mol. The van der Waals surface area contributed by atoms with Gasteiger partial charge in [-0.15, -0.1) is 0 Å². The minimum Gasteiger partial charge on any atom is -0.493 e. The Morgan fingerprint density at radius 3 is 2.62 bits per heavy atom. The summed E-state index contributed by atoms with van der Waals surface area (Å²) in [5, 5.41) is 2.99. The van der Waals surface area contributed by atoms with Crippen LogP contribution in [0, 0.1) is 0 Å². The Bertz CT molecular complexity index is 774. The Labute approximate surface area is 155 Å². The van der Waals surface area contributed by atoms with Gasteiger partial charge in [0.15, 0.2) is 23.9 Å². The zero-order chi connectivity index (χ0) is 18.4. The van der Waals surface area contributed by atoms with Crippen molar-refractivity contribution in [1.82, 2.24) is 5.32 Å². The third-order valence-electron chi connectivity index (χ3n) is 4.85. The van der Waals surface area contributed by atoms with Crippen LogP contribution in [0.4, 0.5) is 0 Å². The van der Waals surface area contributed by atoms with Crippen molar-refractivity contribution in [3.05, 3.63) is 53.3 Å². The van der Waals surface area contributed by atoms with Crippen molar-refractivity contribution >= 4 is 5.91 Å². The summed E-state index contributed by atoms with van der Waals surface area (Å²) in [6.45, 7) is 0.957. The lowest BCUT2D eigenvalue weighted by Gasteiger charge is -2.13. The van der Waals surface area contributed by atoms with Crippen molar-refractivity contribution < 1.29 is 18.8 Å². The quantitative estimate of drug-likeness (QED) is 0.775. The van der Waals surface area contributed by atoms with Crippen molar-refractivity contribution in [3.8, 4) is 11.5 Å². The van der Waals surface area contributed by atoms with Crippen LogP contribution >= 0.6 is 0 Å². The maximum absolute atomic E-state index is 12.2. The van der Waals surface area contributed by atoms with Gasteiger partial charge in [0.05, 0.1) is 14.2 Å². The highest BCUT2D eigenvalue weighted by Crippen LogP contribution is 2.27. The van der Waals surface area contributed by atoms with Gasteiger partial charge in [-0.2, -0.15) is 4.57 Å². The molecule has 5 nitrogen and oxygen atoms in total. The second kappa shape index (κ2) is 8.70. The first-order valence-electron chi connectivity index (χ1n) is 9.18. The van der Waals surface area contributed by atoms with E-state index in [9.17, 15) is 4.79 Å². The van der Waals surface area contributed by atoms with E-state index in [2.05, 4.69) is 17.6 Å². The SMILES string of the molecule is COc1ccc(CCNC(=O)C[n+]2ccc3c(c2)CCCC3)cc1OC. The predicted octanol–water partition coefficient (Wildman–Crippen LogP) is 2.23. The number of hydrogen-bond donors (Lipinski definition) is 1. The molecule has 0 bridgehead atoms. The number of fused-ring (bicyclic) bond motifs is 1. The van der Waals surface area contributed by atoms with E-state index in [4.69, 9.17) is 9.47 Å². The fourth-order valence-corrected chi connectivity index (χ4v) is 3.42. The molecule has 0 saturated heterocycles. The van der Waals surface area contributed by atoms with Crippen molar-refractivity contribution in [2.45, 2.75) is 38.6 Å². The number of carbonyl (C=O) groups is 1. The minimum absolute atomic E-state index is 0.0336. The Morgan fingerprint density at radius 2 is 1.85 bits per heavy atom. The molecule has 1 N–H and O–H groups in total. The highest BCUT2D eigenvalue weighted by atomic mass is 16.5. The van der Waals surface area contributed by atoms with Gasteiger partial charge in [0.2, 0.25) is 6.54 Å². The summed E-state index contributed by atoms with van der Waals surface area (Å²) in [6.07, 6.45) is 9.69. The van der Waals surface area contributed by atoms with Crippen LogP contribution in [0.3, 0.4) is 0 Å². The number of ether oxygens (including phenoxy) is 2. The van der Waals surface area contributed by atoms with Crippen LogP contribution in [0.15, 0.2) is 36.7 Å². The highest BCUT2D eigenvalue weighted by Gasteiger charge is 2.15. The van der Waals surface area contributed by atoms with E-state index >= 15 is 0 Å². The van der Waals surface area contributed by atoms with Gasteiger partial charge < -0.3 is 14.8 Å². The van der Waals surface area contributed by atoms with Crippen LogP contribution in [-0.2, 0) is 30.6 Å². The van der Waals surface area contributed by atoms with E-state index in [-0.39, 0.29) is 5.91 Å². The fourth-order valence-electron chi connectivity index (χ4n) is 3.42.